The van der Waals surface area contributed by atoms with E-state index < -0.39 is 0 Å². The van der Waals surface area contributed by atoms with Gasteiger partial charge < -0.3 is 5.73 Å². The van der Waals surface area contributed by atoms with E-state index in [0.717, 1.165) is 5.69 Å². The van der Waals surface area contributed by atoms with E-state index in [1.54, 1.807) is 0 Å². The summed E-state index contributed by atoms with van der Waals surface area (Å²) in [5.74, 6) is 1.62. The first-order valence-electron chi connectivity index (χ1n) is 4.15. The van der Waals surface area contributed by atoms with Crippen LogP contribution in [0.2, 0.25) is 0 Å². The van der Waals surface area contributed by atoms with Crippen molar-refractivity contribution in [3.05, 3.63) is 23.9 Å². The molecule has 14 heavy (non-hydrogen) atoms. The fourth-order valence-corrected chi connectivity index (χ4v) is 1.20. The van der Waals surface area contributed by atoms with Gasteiger partial charge in [-0.3, -0.25) is 0 Å². The van der Waals surface area contributed by atoms with E-state index in [2.05, 4.69) is 20.1 Å². The molecule has 0 spiro atoms. The Morgan fingerprint density at radius 3 is 2.64 bits per heavy atom. The smallest absolute Gasteiger partial charge is 0.239 e. The number of aromatic nitrogens is 5. The lowest BCUT2D eigenvalue weighted by molar-refractivity contribution is 0.823. The number of aryl methyl sites for hydroxylation is 2. The van der Waals surface area contributed by atoms with Gasteiger partial charge in [0.1, 0.15) is 12.2 Å². The Balaban J connectivity index is 2.51. The van der Waals surface area contributed by atoms with E-state index in [9.17, 15) is 0 Å². The quantitative estimate of drug-likeness (QED) is 0.697. The molecule has 0 radical (unpaired) electrons. The number of hydrogen-bond donors (Lipinski definition) is 1. The summed E-state index contributed by atoms with van der Waals surface area (Å²) >= 11 is 0. The minimum atomic E-state index is 0.235. The molecule has 0 saturated heterocycles. The van der Waals surface area contributed by atoms with Crippen LogP contribution in [-0.4, -0.2) is 24.7 Å². The van der Waals surface area contributed by atoms with E-state index >= 15 is 0 Å². The first-order valence-corrected chi connectivity index (χ1v) is 4.15. The molecule has 0 fully saturated rings. The number of rotatable bonds is 1. The van der Waals surface area contributed by atoms with Gasteiger partial charge in [-0.25, -0.2) is 19.6 Å². The fraction of sp³-hybridized carbons (Fsp3) is 0.250. The highest BCUT2D eigenvalue weighted by molar-refractivity contribution is 5.25. The molecule has 0 saturated carbocycles. The minimum Gasteiger partial charge on any atom is -0.366 e. The molecule has 2 aromatic rings. The third-order valence-electron chi connectivity index (χ3n) is 1.70. The molecular weight excluding hydrogens is 180 g/mol. The predicted octanol–water partition coefficient (Wildman–Crippen LogP) is 0.256. The molecule has 0 amide bonds. The first-order chi connectivity index (χ1) is 6.65. The van der Waals surface area contributed by atoms with Gasteiger partial charge in [0, 0.05) is 11.8 Å². The number of hydrogen-bond acceptors (Lipinski definition) is 5. The van der Waals surface area contributed by atoms with Crippen LogP contribution in [0, 0.1) is 13.8 Å². The topological polar surface area (TPSA) is 82.5 Å². The molecule has 0 aliphatic rings. The molecule has 2 aromatic heterocycles. The second-order valence-corrected chi connectivity index (χ2v) is 2.96. The summed E-state index contributed by atoms with van der Waals surface area (Å²) in [6, 6.07) is 1.82. The zero-order valence-corrected chi connectivity index (χ0v) is 7.97. The van der Waals surface area contributed by atoms with Gasteiger partial charge in [-0.15, -0.1) is 5.10 Å². The van der Waals surface area contributed by atoms with Crippen molar-refractivity contribution in [1.29, 1.82) is 0 Å². The lowest BCUT2D eigenvalue weighted by Crippen LogP contribution is -2.02. The van der Waals surface area contributed by atoms with E-state index in [1.807, 2.05) is 19.9 Å². The Morgan fingerprint density at radius 1 is 1.29 bits per heavy atom. The maximum absolute atomic E-state index is 5.41. The summed E-state index contributed by atoms with van der Waals surface area (Å²) in [6.45, 7) is 3.73. The Bertz CT molecular complexity index is 440. The SMILES string of the molecule is Cc1cc(-n2cnc(N)n2)nc(C)n1. The standard InChI is InChI=1S/C8H10N6/c1-5-3-7(12-6(2)11-5)14-4-10-8(9)13-14/h3-4H,1-2H3,(H2,9,13). The third-order valence-corrected chi connectivity index (χ3v) is 1.70. The number of anilines is 1. The highest BCUT2D eigenvalue weighted by atomic mass is 15.4. The molecule has 2 rings (SSSR count). The summed E-state index contributed by atoms with van der Waals surface area (Å²) in [6.07, 6.45) is 1.52. The van der Waals surface area contributed by atoms with Gasteiger partial charge in [0.15, 0.2) is 5.82 Å². The molecule has 6 heteroatoms. The van der Waals surface area contributed by atoms with E-state index in [4.69, 9.17) is 5.73 Å². The van der Waals surface area contributed by atoms with Crippen LogP contribution in [0.5, 0.6) is 0 Å². The second kappa shape index (κ2) is 3.06. The van der Waals surface area contributed by atoms with Crippen LogP contribution in [-0.2, 0) is 0 Å². The molecule has 0 bridgehead atoms. The fourth-order valence-electron chi connectivity index (χ4n) is 1.20. The molecule has 2 N–H and O–H groups in total. The number of nitrogen functional groups attached to an aromatic ring is 1. The van der Waals surface area contributed by atoms with E-state index in [1.165, 1.54) is 11.0 Å². The van der Waals surface area contributed by atoms with Gasteiger partial charge in [0.25, 0.3) is 0 Å². The molecule has 6 nitrogen and oxygen atoms in total. The highest BCUT2D eigenvalue weighted by Crippen LogP contribution is 2.05. The first kappa shape index (κ1) is 8.61. The van der Waals surface area contributed by atoms with Crippen molar-refractivity contribution in [2.45, 2.75) is 13.8 Å². The molecule has 0 atom stereocenters. The van der Waals surface area contributed by atoms with Crippen molar-refractivity contribution in [2.75, 3.05) is 5.73 Å². The maximum Gasteiger partial charge on any atom is 0.239 e. The summed E-state index contributed by atoms with van der Waals surface area (Å²) in [4.78, 5) is 12.2. The molecule has 0 aromatic carbocycles. The van der Waals surface area contributed by atoms with Crippen LogP contribution in [0.4, 0.5) is 5.95 Å². The van der Waals surface area contributed by atoms with Crippen molar-refractivity contribution in [2.24, 2.45) is 0 Å². The molecule has 0 aliphatic carbocycles. The number of nitrogens with zero attached hydrogens (tertiary/aromatic N) is 5. The van der Waals surface area contributed by atoms with Crippen molar-refractivity contribution in [3.63, 3.8) is 0 Å². The molecule has 0 unspecified atom stereocenters. The molecular formula is C8H10N6. The Hall–Kier alpha value is -1.98. The summed E-state index contributed by atoms with van der Waals surface area (Å²) in [5, 5.41) is 3.96. The van der Waals surface area contributed by atoms with Crippen LogP contribution in [0.15, 0.2) is 12.4 Å². The second-order valence-electron chi connectivity index (χ2n) is 2.96. The van der Waals surface area contributed by atoms with Crippen molar-refractivity contribution in [3.8, 4) is 5.82 Å². The third kappa shape index (κ3) is 1.54. The van der Waals surface area contributed by atoms with Crippen molar-refractivity contribution >= 4 is 5.95 Å². The van der Waals surface area contributed by atoms with Gasteiger partial charge >= 0.3 is 0 Å². The van der Waals surface area contributed by atoms with Gasteiger partial charge in [0.05, 0.1) is 0 Å². The molecule has 2 heterocycles. The van der Waals surface area contributed by atoms with Gasteiger partial charge in [-0.1, -0.05) is 0 Å². The summed E-state index contributed by atoms with van der Waals surface area (Å²) in [7, 11) is 0. The van der Waals surface area contributed by atoms with Crippen LogP contribution < -0.4 is 5.73 Å². The van der Waals surface area contributed by atoms with Gasteiger partial charge in [-0.05, 0) is 13.8 Å². The van der Waals surface area contributed by atoms with Crippen LogP contribution in [0.25, 0.3) is 5.82 Å². The van der Waals surface area contributed by atoms with Crippen LogP contribution >= 0.6 is 0 Å². The van der Waals surface area contributed by atoms with E-state index in [0.29, 0.717) is 11.6 Å². The normalized spacial score (nSPS) is 10.4. The minimum absolute atomic E-state index is 0.235. The van der Waals surface area contributed by atoms with Crippen LogP contribution in [0.3, 0.4) is 0 Å². The largest absolute Gasteiger partial charge is 0.366 e. The average Bonchev–Trinajstić information content (AvgIpc) is 2.50. The average molecular weight is 190 g/mol. The highest BCUT2D eigenvalue weighted by Gasteiger charge is 2.03. The zero-order valence-electron chi connectivity index (χ0n) is 7.97. The predicted molar refractivity (Wildman–Crippen MR) is 50.8 cm³/mol. The monoisotopic (exact) mass is 190 g/mol. The Labute approximate surface area is 80.8 Å². The van der Waals surface area contributed by atoms with Gasteiger partial charge in [-0.2, -0.15) is 0 Å². The maximum atomic E-state index is 5.41. The van der Waals surface area contributed by atoms with E-state index in [-0.39, 0.29) is 5.95 Å². The van der Waals surface area contributed by atoms with Gasteiger partial charge in [0.2, 0.25) is 5.95 Å². The van der Waals surface area contributed by atoms with Crippen LogP contribution in [0.1, 0.15) is 11.5 Å². The number of nitrogens with two attached hydrogens (primary N) is 1. The molecule has 72 valence electrons. The lowest BCUT2D eigenvalue weighted by Gasteiger charge is -2.01. The Morgan fingerprint density at radius 2 is 2.07 bits per heavy atom. The van der Waals surface area contributed by atoms with Crippen molar-refractivity contribution in [1.82, 2.24) is 24.7 Å². The Kier molecular flexibility index (Phi) is 1.88. The zero-order chi connectivity index (χ0) is 10.1. The lowest BCUT2D eigenvalue weighted by atomic mass is 10.4. The summed E-state index contributed by atoms with van der Waals surface area (Å²) in [5.41, 5.74) is 6.30. The summed E-state index contributed by atoms with van der Waals surface area (Å²) < 4.78 is 1.52. The van der Waals surface area contributed by atoms with Crippen molar-refractivity contribution < 1.29 is 0 Å². The molecule has 0 aliphatic heterocycles.